The molecule has 124 valence electrons. The van der Waals surface area contributed by atoms with E-state index in [0.717, 1.165) is 31.4 Å². The Hall–Kier alpha value is -0.910. The summed E-state index contributed by atoms with van der Waals surface area (Å²) >= 11 is 0. The molecule has 0 aromatic heterocycles. The predicted molar refractivity (Wildman–Crippen MR) is 90.2 cm³/mol. The molecule has 1 aromatic rings. The molecular formula is C17H28N2O2S. The van der Waals surface area contributed by atoms with E-state index in [1.54, 1.807) is 10.4 Å². The van der Waals surface area contributed by atoms with Gasteiger partial charge >= 0.3 is 0 Å². The number of rotatable bonds is 5. The maximum Gasteiger partial charge on any atom is 0.243 e. The fraction of sp³-hybridized carbons (Fsp3) is 0.647. The van der Waals surface area contributed by atoms with Gasteiger partial charge in [-0.25, -0.2) is 8.42 Å². The number of nitrogens with one attached hydrogen (secondary N) is 1. The van der Waals surface area contributed by atoms with Gasteiger partial charge in [0.2, 0.25) is 10.0 Å². The summed E-state index contributed by atoms with van der Waals surface area (Å²) in [4.78, 5) is 0.457. The van der Waals surface area contributed by atoms with Crippen molar-refractivity contribution in [1.82, 2.24) is 9.62 Å². The summed E-state index contributed by atoms with van der Waals surface area (Å²) in [6, 6.07) is 7.36. The Morgan fingerprint density at radius 3 is 2.36 bits per heavy atom. The zero-order chi connectivity index (χ0) is 16.2. The van der Waals surface area contributed by atoms with E-state index in [1.165, 1.54) is 0 Å². The van der Waals surface area contributed by atoms with E-state index in [2.05, 4.69) is 26.1 Å². The van der Waals surface area contributed by atoms with Crippen molar-refractivity contribution in [2.45, 2.75) is 51.5 Å². The Kier molecular flexibility index (Phi) is 5.64. The van der Waals surface area contributed by atoms with E-state index in [9.17, 15) is 8.42 Å². The first kappa shape index (κ1) is 17.4. The zero-order valence-corrected chi connectivity index (χ0v) is 14.7. The average Bonchev–Trinajstić information content (AvgIpc) is 2.47. The van der Waals surface area contributed by atoms with E-state index >= 15 is 0 Å². The van der Waals surface area contributed by atoms with E-state index < -0.39 is 10.0 Å². The third-order valence-electron chi connectivity index (χ3n) is 3.88. The van der Waals surface area contributed by atoms with Crippen molar-refractivity contribution in [2.24, 2.45) is 5.41 Å². The quantitative estimate of drug-likeness (QED) is 0.906. The molecule has 0 spiro atoms. The Bertz CT molecular complexity index is 585. The summed E-state index contributed by atoms with van der Waals surface area (Å²) in [6.07, 6.45) is 3.05. The summed E-state index contributed by atoms with van der Waals surface area (Å²) in [5, 5.41) is 3.37. The van der Waals surface area contributed by atoms with Gasteiger partial charge in [-0.05, 0) is 29.9 Å². The van der Waals surface area contributed by atoms with Crippen LogP contribution in [-0.4, -0.2) is 32.4 Å². The van der Waals surface area contributed by atoms with Crippen LogP contribution >= 0.6 is 0 Å². The number of nitrogens with zero attached hydrogens (tertiary/aromatic N) is 1. The summed E-state index contributed by atoms with van der Waals surface area (Å²) in [5.41, 5.74) is 1.04. The van der Waals surface area contributed by atoms with Gasteiger partial charge < -0.3 is 5.32 Å². The Labute approximate surface area is 135 Å². The molecule has 1 heterocycles. The van der Waals surface area contributed by atoms with Crippen molar-refractivity contribution in [3.8, 4) is 0 Å². The average molecular weight is 324 g/mol. The highest BCUT2D eigenvalue weighted by Gasteiger charge is 2.27. The largest absolute Gasteiger partial charge is 0.312 e. The second kappa shape index (κ2) is 7.11. The lowest BCUT2D eigenvalue weighted by Gasteiger charge is -2.27. The lowest BCUT2D eigenvalue weighted by Crippen LogP contribution is -2.36. The minimum Gasteiger partial charge on any atom is -0.312 e. The van der Waals surface area contributed by atoms with Crippen LogP contribution < -0.4 is 5.32 Å². The lowest BCUT2D eigenvalue weighted by molar-refractivity contribution is 0.346. The van der Waals surface area contributed by atoms with Gasteiger partial charge in [-0.3, -0.25) is 0 Å². The van der Waals surface area contributed by atoms with Crippen molar-refractivity contribution >= 4 is 10.0 Å². The van der Waals surface area contributed by atoms with Crippen LogP contribution in [0.25, 0.3) is 0 Å². The molecule has 0 bridgehead atoms. The summed E-state index contributed by atoms with van der Waals surface area (Å²) in [7, 11) is -3.37. The monoisotopic (exact) mass is 324 g/mol. The van der Waals surface area contributed by atoms with E-state index in [-0.39, 0.29) is 5.41 Å². The van der Waals surface area contributed by atoms with Gasteiger partial charge in [0.1, 0.15) is 0 Å². The highest BCUT2D eigenvalue weighted by molar-refractivity contribution is 7.89. The molecular weight excluding hydrogens is 296 g/mol. The summed E-state index contributed by atoms with van der Waals surface area (Å²) in [5.74, 6) is 0. The number of piperidine rings is 1. The third kappa shape index (κ3) is 4.54. The lowest BCUT2D eigenvalue weighted by atomic mass is 9.97. The maximum atomic E-state index is 12.9. The van der Waals surface area contributed by atoms with Crippen LogP contribution in [0.15, 0.2) is 29.2 Å². The molecule has 0 amide bonds. The molecule has 0 atom stereocenters. The SMILES string of the molecule is CC(C)(C)CNCc1ccccc1S(=O)(=O)N1CCCCC1. The van der Waals surface area contributed by atoms with Crippen molar-refractivity contribution in [2.75, 3.05) is 19.6 Å². The molecule has 4 nitrogen and oxygen atoms in total. The Morgan fingerprint density at radius 1 is 1.09 bits per heavy atom. The molecule has 1 saturated heterocycles. The van der Waals surface area contributed by atoms with Gasteiger partial charge in [0.05, 0.1) is 4.90 Å². The number of sulfonamides is 1. The van der Waals surface area contributed by atoms with Gasteiger partial charge in [0.15, 0.2) is 0 Å². The molecule has 0 aliphatic carbocycles. The van der Waals surface area contributed by atoms with Gasteiger partial charge in [0.25, 0.3) is 0 Å². The highest BCUT2D eigenvalue weighted by Crippen LogP contribution is 2.23. The number of benzene rings is 1. The first-order chi connectivity index (χ1) is 10.3. The molecule has 0 saturated carbocycles. The Morgan fingerprint density at radius 2 is 1.73 bits per heavy atom. The summed E-state index contributed by atoms with van der Waals surface area (Å²) < 4.78 is 27.4. The molecule has 5 heteroatoms. The third-order valence-corrected chi connectivity index (χ3v) is 5.88. The normalized spacial score (nSPS) is 17.6. The molecule has 0 radical (unpaired) electrons. The van der Waals surface area contributed by atoms with Crippen molar-refractivity contribution in [1.29, 1.82) is 0 Å². The number of hydrogen-bond donors (Lipinski definition) is 1. The predicted octanol–water partition coefficient (Wildman–Crippen LogP) is 3.00. The highest BCUT2D eigenvalue weighted by atomic mass is 32.2. The minimum atomic E-state index is -3.37. The smallest absolute Gasteiger partial charge is 0.243 e. The van der Waals surface area contributed by atoms with Crippen LogP contribution in [0.4, 0.5) is 0 Å². The van der Waals surface area contributed by atoms with Crippen LogP contribution in [0, 0.1) is 5.41 Å². The second-order valence-electron chi connectivity index (χ2n) is 7.24. The fourth-order valence-electron chi connectivity index (χ4n) is 2.72. The van der Waals surface area contributed by atoms with Gasteiger partial charge in [-0.2, -0.15) is 4.31 Å². The molecule has 1 N–H and O–H groups in total. The fourth-order valence-corrected chi connectivity index (χ4v) is 4.46. The van der Waals surface area contributed by atoms with Crippen molar-refractivity contribution in [3.63, 3.8) is 0 Å². The van der Waals surface area contributed by atoms with Crippen LogP contribution in [0.5, 0.6) is 0 Å². The minimum absolute atomic E-state index is 0.181. The van der Waals surface area contributed by atoms with Crippen molar-refractivity contribution < 1.29 is 8.42 Å². The van der Waals surface area contributed by atoms with Crippen LogP contribution in [0.3, 0.4) is 0 Å². The van der Waals surface area contributed by atoms with E-state index in [1.807, 2.05) is 18.2 Å². The van der Waals surface area contributed by atoms with Gasteiger partial charge in [-0.1, -0.05) is 45.4 Å². The van der Waals surface area contributed by atoms with Crippen LogP contribution in [0.2, 0.25) is 0 Å². The molecule has 1 aliphatic heterocycles. The van der Waals surface area contributed by atoms with Gasteiger partial charge in [-0.15, -0.1) is 0 Å². The van der Waals surface area contributed by atoms with Crippen LogP contribution in [0.1, 0.15) is 45.6 Å². The molecule has 1 aromatic carbocycles. The summed E-state index contributed by atoms with van der Waals surface area (Å²) in [6.45, 7) is 9.22. The first-order valence-corrected chi connectivity index (χ1v) is 9.53. The van der Waals surface area contributed by atoms with Crippen LogP contribution in [-0.2, 0) is 16.6 Å². The van der Waals surface area contributed by atoms with E-state index in [4.69, 9.17) is 0 Å². The molecule has 1 fully saturated rings. The number of hydrogen-bond acceptors (Lipinski definition) is 3. The van der Waals surface area contributed by atoms with E-state index in [0.29, 0.717) is 24.5 Å². The molecule has 2 rings (SSSR count). The zero-order valence-electron chi connectivity index (χ0n) is 13.9. The standard InChI is InChI=1S/C17H28N2O2S/c1-17(2,3)14-18-13-15-9-5-6-10-16(15)22(20,21)19-11-7-4-8-12-19/h5-6,9-10,18H,4,7-8,11-14H2,1-3H3. The first-order valence-electron chi connectivity index (χ1n) is 8.09. The maximum absolute atomic E-state index is 12.9. The van der Waals surface area contributed by atoms with Crippen molar-refractivity contribution in [3.05, 3.63) is 29.8 Å². The second-order valence-corrected chi connectivity index (χ2v) is 9.14. The Balaban J connectivity index is 2.16. The molecule has 0 unspecified atom stereocenters. The van der Waals surface area contributed by atoms with Gasteiger partial charge in [0, 0.05) is 26.2 Å². The molecule has 22 heavy (non-hydrogen) atoms. The topological polar surface area (TPSA) is 49.4 Å². The molecule has 1 aliphatic rings.